The smallest absolute Gasteiger partial charge is 0.0704 e. The van der Waals surface area contributed by atoms with E-state index in [4.69, 9.17) is 9.47 Å². The fourth-order valence-corrected chi connectivity index (χ4v) is 1.23. The monoisotopic (exact) mass is 203 g/mol. The molecule has 1 N–H and O–H groups in total. The summed E-state index contributed by atoms with van der Waals surface area (Å²) < 4.78 is 10.6. The van der Waals surface area contributed by atoms with Crippen molar-refractivity contribution in [3.05, 3.63) is 0 Å². The molecule has 0 aliphatic heterocycles. The Morgan fingerprint density at radius 1 is 1.21 bits per heavy atom. The first-order valence-electron chi connectivity index (χ1n) is 5.54. The number of hydrogen-bond donors (Lipinski definition) is 1. The van der Waals surface area contributed by atoms with Crippen LogP contribution in [0.4, 0.5) is 0 Å². The molecule has 0 heterocycles. The SMILES string of the molecule is CCCC(CNC(C)C)OCCOC. The van der Waals surface area contributed by atoms with Gasteiger partial charge in [0, 0.05) is 19.7 Å². The summed E-state index contributed by atoms with van der Waals surface area (Å²) in [6.45, 7) is 8.80. The lowest BCUT2D eigenvalue weighted by Gasteiger charge is -2.19. The maximum Gasteiger partial charge on any atom is 0.0704 e. The Morgan fingerprint density at radius 2 is 1.93 bits per heavy atom. The highest BCUT2D eigenvalue weighted by molar-refractivity contribution is 4.63. The molecule has 0 saturated carbocycles. The van der Waals surface area contributed by atoms with E-state index in [9.17, 15) is 0 Å². The van der Waals surface area contributed by atoms with Gasteiger partial charge in [0.2, 0.25) is 0 Å². The summed E-state index contributed by atoms with van der Waals surface area (Å²) >= 11 is 0. The van der Waals surface area contributed by atoms with Gasteiger partial charge in [0.1, 0.15) is 0 Å². The average Bonchev–Trinajstić information content (AvgIpc) is 2.14. The maximum absolute atomic E-state index is 5.69. The molecule has 0 amide bonds. The molecule has 0 aromatic carbocycles. The number of methoxy groups -OCH3 is 1. The Kier molecular flexibility index (Phi) is 9.35. The Bertz CT molecular complexity index is 118. The third-order valence-electron chi connectivity index (χ3n) is 2.01. The van der Waals surface area contributed by atoms with Gasteiger partial charge in [-0.3, -0.25) is 0 Å². The predicted octanol–water partition coefficient (Wildman–Crippen LogP) is 1.82. The van der Waals surface area contributed by atoms with Gasteiger partial charge in [-0.2, -0.15) is 0 Å². The first-order valence-corrected chi connectivity index (χ1v) is 5.54. The zero-order valence-corrected chi connectivity index (χ0v) is 10.0. The Hall–Kier alpha value is -0.120. The lowest BCUT2D eigenvalue weighted by Crippen LogP contribution is -2.34. The number of nitrogens with one attached hydrogen (secondary N) is 1. The van der Waals surface area contributed by atoms with Crippen molar-refractivity contribution in [1.29, 1.82) is 0 Å². The maximum atomic E-state index is 5.69. The predicted molar refractivity (Wildman–Crippen MR) is 59.7 cm³/mol. The first kappa shape index (κ1) is 13.9. The van der Waals surface area contributed by atoms with E-state index in [1.165, 1.54) is 0 Å². The van der Waals surface area contributed by atoms with Crippen molar-refractivity contribution in [3.63, 3.8) is 0 Å². The van der Waals surface area contributed by atoms with Crippen LogP contribution >= 0.6 is 0 Å². The Morgan fingerprint density at radius 3 is 2.43 bits per heavy atom. The average molecular weight is 203 g/mol. The lowest BCUT2D eigenvalue weighted by atomic mass is 10.2. The molecule has 1 atom stereocenters. The quantitative estimate of drug-likeness (QED) is 0.580. The van der Waals surface area contributed by atoms with Gasteiger partial charge in [-0.05, 0) is 6.42 Å². The van der Waals surface area contributed by atoms with E-state index in [1.54, 1.807) is 7.11 Å². The molecule has 0 aromatic heterocycles. The van der Waals surface area contributed by atoms with Crippen LogP contribution in [-0.4, -0.2) is 39.0 Å². The van der Waals surface area contributed by atoms with E-state index in [1.807, 2.05) is 0 Å². The highest BCUT2D eigenvalue weighted by Crippen LogP contribution is 2.01. The summed E-state index contributed by atoms with van der Waals surface area (Å²) in [7, 11) is 1.70. The van der Waals surface area contributed by atoms with E-state index in [0.29, 0.717) is 25.4 Å². The highest BCUT2D eigenvalue weighted by atomic mass is 16.5. The topological polar surface area (TPSA) is 30.5 Å². The largest absolute Gasteiger partial charge is 0.382 e. The molecule has 0 saturated heterocycles. The summed E-state index contributed by atoms with van der Waals surface area (Å²) in [6, 6.07) is 0.528. The van der Waals surface area contributed by atoms with Gasteiger partial charge in [-0.15, -0.1) is 0 Å². The molecule has 0 aliphatic carbocycles. The van der Waals surface area contributed by atoms with Crippen LogP contribution in [0.3, 0.4) is 0 Å². The molecule has 14 heavy (non-hydrogen) atoms. The van der Waals surface area contributed by atoms with E-state index in [2.05, 4.69) is 26.1 Å². The normalized spacial score (nSPS) is 13.5. The highest BCUT2D eigenvalue weighted by Gasteiger charge is 2.07. The van der Waals surface area contributed by atoms with Crippen molar-refractivity contribution in [1.82, 2.24) is 5.32 Å². The van der Waals surface area contributed by atoms with E-state index < -0.39 is 0 Å². The molecule has 3 heteroatoms. The van der Waals surface area contributed by atoms with Crippen molar-refractivity contribution in [2.24, 2.45) is 0 Å². The van der Waals surface area contributed by atoms with Crippen molar-refractivity contribution < 1.29 is 9.47 Å². The second-order valence-corrected chi connectivity index (χ2v) is 3.84. The van der Waals surface area contributed by atoms with Gasteiger partial charge in [0.05, 0.1) is 19.3 Å². The fourth-order valence-electron chi connectivity index (χ4n) is 1.23. The fraction of sp³-hybridized carbons (Fsp3) is 1.00. The van der Waals surface area contributed by atoms with Crippen LogP contribution in [0.5, 0.6) is 0 Å². The molecular weight excluding hydrogens is 178 g/mol. The van der Waals surface area contributed by atoms with Crippen LogP contribution in [0.2, 0.25) is 0 Å². The van der Waals surface area contributed by atoms with E-state index in [0.717, 1.165) is 19.4 Å². The van der Waals surface area contributed by atoms with E-state index >= 15 is 0 Å². The van der Waals surface area contributed by atoms with Crippen LogP contribution in [-0.2, 0) is 9.47 Å². The number of hydrogen-bond acceptors (Lipinski definition) is 3. The Labute approximate surface area is 88.2 Å². The molecule has 1 unspecified atom stereocenters. The number of ether oxygens (including phenoxy) is 2. The minimum atomic E-state index is 0.331. The van der Waals surface area contributed by atoms with Crippen molar-refractivity contribution in [2.75, 3.05) is 26.9 Å². The van der Waals surface area contributed by atoms with Gasteiger partial charge >= 0.3 is 0 Å². The molecule has 0 rings (SSSR count). The summed E-state index contributed by atoms with van der Waals surface area (Å²) in [4.78, 5) is 0. The van der Waals surface area contributed by atoms with Gasteiger partial charge in [0.25, 0.3) is 0 Å². The Balaban J connectivity index is 3.54. The van der Waals surface area contributed by atoms with Gasteiger partial charge in [-0.1, -0.05) is 27.2 Å². The van der Waals surface area contributed by atoms with Crippen molar-refractivity contribution in [3.8, 4) is 0 Å². The van der Waals surface area contributed by atoms with Crippen molar-refractivity contribution in [2.45, 2.75) is 45.8 Å². The lowest BCUT2D eigenvalue weighted by molar-refractivity contribution is 0.0126. The van der Waals surface area contributed by atoms with Crippen LogP contribution < -0.4 is 5.32 Å². The molecule has 0 radical (unpaired) electrons. The van der Waals surface area contributed by atoms with Crippen LogP contribution in [0.25, 0.3) is 0 Å². The van der Waals surface area contributed by atoms with Crippen LogP contribution in [0.15, 0.2) is 0 Å². The zero-order chi connectivity index (χ0) is 10.8. The van der Waals surface area contributed by atoms with Gasteiger partial charge in [0.15, 0.2) is 0 Å². The molecule has 0 bridgehead atoms. The summed E-state index contributed by atoms with van der Waals surface area (Å²) in [5.74, 6) is 0. The molecule has 3 nitrogen and oxygen atoms in total. The second-order valence-electron chi connectivity index (χ2n) is 3.84. The standard InChI is InChI=1S/C11H25NO2/c1-5-6-11(9-12-10(2)3)14-8-7-13-4/h10-12H,5-9H2,1-4H3. The molecule has 0 aromatic rings. The zero-order valence-electron chi connectivity index (χ0n) is 10.0. The third-order valence-corrected chi connectivity index (χ3v) is 2.01. The summed E-state index contributed by atoms with van der Waals surface area (Å²) in [5, 5.41) is 3.39. The molecule has 0 fully saturated rings. The molecule has 0 spiro atoms. The van der Waals surface area contributed by atoms with Gasteiger partial charge < -0.3 is 14.8 Å². The van der Waals surface area contributed by atoms with Crippen LogP contribution in [0, 0.1) is 0 Å². The minimum Gasteiger partial charge on any atom is -0.382 e. The van der Waals surface area contributed by atoms with Crippen LogP contribution in [0.1, 0.15) is 33.6 Å². The second kappa shape index (κ2) is 9.44. The third kappa shape index (κ3) is 8.48. The molecule has 86 valence electrons. The van der Waals surface area contributed by atoms with Gasteiger partial charge in [-0.25, -0.2) is 0 Å². The summed E-state index contributed by atoms with van der Waals surface area (Å²) in [6.07, 6.45) is 2.61. The summed E-state index contributed by atoms with van der Waals surface area (Å²) in [5.41, 5.74) is 0. The minimum absolute atomic E-state index is 0.331. The number of rotatable bonds is 9. The first-order chi connectivity index (χ1) is 6.70. The van der Waals surface area contributed by atoms with E-state index in [-0.39, 0.29) is 0 Å². The van der Waals surface area contributed by atoms with Crippen molar-refractivity contribution >= 4 is 0 Å². The molecular formula is C11H25NO2. The molecule has 0 aliphatic rings.